The number of carbonyl (C=O) groups is 1. The summed E-state index contributed by atoms with van der Waals surface area (Å²) in [4.78, 5) is 24.5. The normalized spacial score (nSPS) is 16.5. The number of benzene rings is 2. The predicted molar refractivity (Wildman–Crippen MR) is 137 cm³/mol. The average molecular weight is 481 g/mol. The first kappa shape index (κ1) is 22.3. The molecule has 2 aliphatic rings. The van der Waals surface area contributed by atoms with Crippen molar-refractivity contribution < 1.29 is 9.18 Å². The van der Waals surface area contributed by atoms with Gasteiger partial charge in [-0.05, 0) is 43.3 Å². The largest absolute Gasteiger partial charge is 0.340 e. The monoisotopic (exact) mass is 480 g/mol. The summed E-state index contributed by atoms with van der Waals surface area (Å²) in [6.07, 6.45) is 6.05. The molecule has 180 valence electrons. The predicted octanol–water partition coefficient (Wildman–Crippen LogP) is 4.97. The highest BCUT2D eigenvalue weighted by molar-refractivity contribution is 5.96. The Balaban J connectivity index is 1.41. The van der Waals surface area contributed by atoms with E-state index in [2.05, 4.69) is 31.6 Å². The fraction of sp³-hybridized carbons (Fsp3) is 0.250. The van der Waals surface area contributed by atoms with Gasteiger partial charge in [0.25, 0.3) is 0 Å². The molecular formula is C28H25FN6O. The summed E-state index contributed by atoms with van der Waals surface area (Å²) < 4.78 is 19.5. The molecule has 8 heteroatoms. The lowest BCUT2D eigenvalue weighted by Crippen LogP contribution is -2.28. The summed E-state index contributed by atoms with van der Waals surface area (Å²) in [5.74, 6) is 0.468. The Morgan fingerprint density at radius 3 is 2.69 bits per heavy atom. The fourth-order valence-corrected chi connectivity index (χ4v) is 5.39. The van der Waals surface area contributed by atoms with Gasteiger partial charge >= 0.3 is 0 Å². The lowest BCUT2D eigenvalue weighted by Gasteiger charge is -2.21. The van der Waals surface area contributed by atoms with Gasteiger partial charge in [-0.15, -0.1) is 0 Å². The molecule has 1 amide bonds. The molecule has 0 saturated carbocycles. The maximum Gasteiger partial charge on any atom is 0.227 e. The molecule has 0 N–H and O–H groups in total. The van der Waals surface area contributed by atoms with Crippen LogP contribution in [0.3, 0.4) is 0 Å². The van der Waals surface area contributed by atoms with Crippen molar-refractivity contribution in [3.05, 3.63) is 83.9 Å². The molecule has 0 unspecified atom stereocenters. The van der Waals surface area contributed by atoms with Crippen LogP contribution >= 0.6 is 0 Å². The van der Waals surface area contributed by atoms with Crippen LogP contribution in [0.4, 0.5) is 15.8 Å². The number of amides is 1. The van der Waals surface area contributed by atoms with Gasteiger partial charge in [-0.25, -0.2) is 14.2 Å². The number of aromatic nitrogens is 3. The number of rotatable bonds is 4. The van der Waals surface area contributed by atoms with Crippen molar-refractivity contribution in [1.82, 2.24) is 19.0 Å². The Morgan fingerprint density at radius 2 is 1.94 bits per heavy atom. The third-order valence-electron chi connectivity index (χ3n) is 6.96. The zero-order chi connectivity index (χ0) is 25.0. The van der Waals surface area contributed by atoms with Crippen LogP contribution in [0.5, 0.6) is 0 Å². The molecule has 4 aromatic rings. The van der Waals surface area contributed by atoms with Crippen molar-refractivity contribution in [3.63, 3.8) is 0 Å². The number of anilines is 1. The first-order valence-corrected chi connectivity index (χ1v) is 11.9. The van der Waals surface area contributed by atoms with Crippen LogP contribution in [-0.4, -0.2) is 52.1 Å². The van der Waals surface area contributed by atoms with Crippen LogP contribution in [-0.2, 0) is 11.3 Å². The molecule has 2 aromatic heterocycles. The van der Waals surface area contributed by atoms with Crippen molar-refractivity contribution >= 4 is 17.3 Å². The minimum Gasteiger partial charge on any atom is -0.340 e. The molecule has 4 heterocycles. The number of hydrogen-bond acceptors (Lipinski definition) is 3. The number of nitrogens with zero attached hydrogens (tertiary/aromatic N) is 6. The topological polar surface area (TPSA) is 50.7 Å². The van der Waals surface area contributed by atoms with Crippen molar-refractivity contribution in [2.24, 2.45) is 5.92 Å². The lowest BCUT2D eigenvalue weighted by molar-refractivity contribution is -0.117. The Kier molecular flexibility index (Phi) is 5.23. The van der Waals surface area contributed by atoms with E-state index >= 15 is 4.39 Å². The highest BCUT2D eigenvalue weighted by atomic mass is 19.1. The average Bonchev–Trinajstić information content (AvgIpc) is 3.57. The number of hydrogen-bond donors (Lipinski definition) is 0. The van der Waals surface area contributed by atoms with Gasteiger partial charge in [-0.3, -0.25) is 9.36 Å². The van der Waals surface area contributed by atoms with Crippen LogP contribution in [0.15, 0.2) is 61.1 Å². The summed E-state index contributed by atoms with van der Waals surface area (Å²) in [5.41, 5.74) is 5.53. The smallest absolute Gasteiger partial charge is 0.227 e. The summed E-state index contributed by atoms with van der Waals surface area (Å²) in [7, 11) is 3.97. The van der Waals surface area contributed by atoms with Crippen molar-refractivity contribution in [1.29, 1.82) is 0 Å². The maximum atomic E-state index is 15.5. The maximum absolute atomic E-state index is 15.5. The molecular weight excluding hydrogens is 455 g/mol. The van der Waals surface area contributed by atoms with E-state index < -0.39 is 5.82 Å². The van der Waals surface area contributed by atoms with E-state index in [9.17, 15) is 4.79 Å². The van der Waals surface area contributed by atoms with Crippen LogP contribution in [0.25, 0.3) is 33.2 Å². The zero-order valence-electron chi connectivity index (χ0n) is 20.1. The van der Waals surface area contributed by atoms with Crippen LogP contribution in [0, 0.1) is 18.3 Å². The number of fused-ring (bicyclic) bond motifs is 5. The Labute approximate surface area is 208 Å². The molecule has 1 saturated heterocycles. The van der Waals surface area contributed by atoms with E-state index in [1.807, 2.05) is 55.2 Å². The van der Waals surface area contributed by atoms with E-state index in [1.165, 1.54) is 6.07 Å². The van der Waals surface area contributed by atoms with Crippen LogP contribution < -0.4 is 4.90 Å². The minimum atomic E-state index is -0.403. The molecule has 0 spiro atoms. The van der Waals surface area contributed by atoms with Gasteiger partial charge in [0.2, 0.25) is 5.91 Å². The summed E-state index contributed by atoms with van der Waals surface area (Å²) in [6, 6.07) is 12.9. The zero-order valence-corrected chi connectivity index (χ0v) is 20.1. The third kappa shape index (κ3) is 3.69. The SMILES string of the molecule is [C-]#[N+]c1ccc(-c2cc3n(c2)Cc2cc(N4C[C@@H](CN(C)C)CC4=O)c(F)cc2-n2ccnc2-3)cc1. The first-order chi connectivity index (χ1) is 17.4. The molecule has 36 heavy (non-hydrogen) atoms. The third-order valence-corrected chi connectivity index (χ3v) is 6.96. The van der Waals surface area contributed by atoms with Gasteiger partial charge in [0, 0.05) is 56.3 Å². The van der Waals surface area contributed by atoms with Crippen LogP contribution in [0.1, 0.15) is 12.0 Å². The van der Waals surface area contributed by atoms with Crippen molar-refractivity contribution in [2.75, 3.05) is 32.1 Å². The van der Waals surface area contributed by atoms with Gasteiger partial charge < -0.3 is 14.4 Å². The molecule has 0 radical (unpaired) electrons. The van der Waals surface area contributed by atoms with Gasteiger partial charge in [-0.2, -0.15) is 0 Å². The summed E-state index contributed by atoms with van der Waals surface area (Å²) in [6.45, 7) is 9.01. The van der Waals surface area contributed by atoms with Gasteiger partial charge in [0.15, 0.2) is 11.5 Å². The molecule has 1 fully saturated rings. The first-order valence-electron chi connectivity index (χ1n) is 11.9. The van der Waals surface area contributed by atoms with E-state index in [-0.39, 0.29) is 11.8 Å². The van der Waals surface area contributed by atoms with Crippen molar-refractivity contribution in [3.8, 4) is 28.3 Å². The molecule has 0 aliphatic carbocycles. The molecule has 7 nitrogen and oxygen atoms in total. The number of carbonyl (C=O) groups excluding carboxylic acids is 1. The summed E-state index contributed by atoms with van der Waals surface area (Å²) >= 11 is 0. The second-order valence-corrected chi connectivity index (χ2v) is 9.79. The highest BCUT2D eigenvalue weighted by Gasteiger charge is 2.33. The summed E-state index contributed by atoms with van der Waals surface area (Å²) in [5, 5.41) is 0. The standard InChI is InChI=1S/C28H25FN6O/c1-30-22-6-4-19(5-7-22)20-11-26-28-31-8-9-34(28)24-13-23(29)25(12-21(24)17-33(26)16-20)35-15-18(10-27(35)36)14-32(2)3/h4-9,11-13,16,18H,10,14-15,17H2,2-3H3/t18-/m1/s1. The Hall–Kier alpha value is -4.22. The van der Waals surface area contributed by atoms with Gasteiger partial charge in [0.05, 0.1) is 23.6 Å². The number of imidazole rings is 1. The van der Waals surface area contributed by atoms with Crippen molar-refractivity contribution in [2.45, 2.75) is 13.0 Å². The quantitative estimate of drug-likeness (QED) is 0.341. The number of halogens is 1. The van der Waals surface area contributed by atoms with E-state index in [1.54, 1.807) is 11.1 Å². The fourth-order valence-electron chi connectivity index (χ4n) is 5.39. The molecule has 0 bridgehead atoms. The Bertz CT molecular complexity index is 1520. The molecule has 6 rings (SSSR count). The van der Waals surface area contributed by atoms with E-state index in [0.29, 0.717) is 30.9 Å². The van der Waals surface area contributed by atoms with E-state index in [4.69, 9.17) is 6.57 Å². The van der Waals surface area contributed by atoms with E-state index in [0.717, 1.165) is 40.4 Å². The van der Waals surface area contributed by atoms with Gasteiger partial charge in [0.1, 0.15) is 5.82 Å². The van der Waals surface area contributed by atoms with Crippen LogP contribution in [0.2, 0.25) is 0 Å². The lowest BCUT2D eigenvalue weighted by atomic mass is 10.1. The highest BCUT2D eigenvalue weighted by Crippen LogP contribution is 2.37. The minimum absolute atomic E-state index is 0.0376. The second-order valence-electron chi connectivity index (χ2n) is 9.79. The molecule has 2 aromatic carbocycles. The molecule has 1 atom stereocenters. The van der Waals surface area contributed by atoms with Gasteiger partial charge in [-0.1, -0.05) is 24.3 Å². The second kappa shape index (κ2) is 8.47. The molecule has 2 aliphatic heterocycles. The Morgan fingerprint density at radius 1 is 1.14 bits per heavy atom.